The number of aromatic nitrogens is 1. The largest absolute Gasteiger partial charge is 0.506 e. The molecule has 0 fully saturated rings. The molecule has 3 rings (SSSR count). The molecule has 0 unspecified atom stereocenters. The van der Waals surface area contributed by atoms with Gasteiger partial charge in [0.15, 0.2) is 11.6 Å². The van der Waals surface area contributed by atoms with Gasteiger partial charge in [-0.2, -0.15) is 0 Å². The first-order valence-corrected chi connectivity index (χ1v) is 6.32. The summed E-state index contributed by atoms with van der Waals surface area (Å²) in [5.41, 5.74) is 0.0594. The van der Waals surface area contributed by atoms with Crippen LogP contribution in [0, 0.1) is 17.5 Å². The molecule has 0 aliphatic carbocycles. The molecule has 2 aromatic carbocycles. The Labute approximate surface area is 123 Å². The van der Waals surface area contributed by atoms with Gasteiger partial charge in [-0.1, -0.05) is 18.2 Å². The topological polar surface area (TPSA) is 45.5 Å². The molecule has 0 bridgehead atoms. The predicted molar refractivity (Wildman–Crippen MR) is 77.0 cm³/mol. The van der Waals surface area contributed by atoms with Crippen LogP contribution in [0.2, 0.25) is 0 Å². The number of hydrogen-bond donors (Lipinski definition) is 1. The molecule has 0 amide bonds. The van der Waals surface area contributed by atoms with Crippen LogP contribution in [-0.2, 0) is 0 Å². The summed E-state index contributed by atoms with van der Waals surface area (Å²) >= 11 is 0. The number of aromatic hydroxyl groups is 1. The van der Waals surface area contributed by atoms with Crippen molar-refractivity contribution in [3.63, 3.8) is 0 Å². The average Bonchev–Trinajstić information content (AvgIpc) is 2.47. The average molecular weight is 302 g/mol. The molecule has 0 aliphatic rings. The van der Waals surface area contributed by atoms with Crippen molar-refractivity contribution in [3.05, 3.63) is 65.6 Å². The number of halogens is 3. The highest BCUT2D eigenvalue weighted by atomic mass is 19.1. The molecule has 0 radical (unpaired) electrons. The molecule has 1 heterocycles. The summed E-state index contributed by atoms with van der Waals surface area (Å²) < 4.78 is 39.8. The summed E-state index contributed by atoms with van der Waals surface area (Å²) in [6, 6.07) is 9.31. The molecule has 0 saturated carbocycles. The van der Waals surface area contributed by atoms with Gasteiger partial charge in [-0.3, -0.25) is 0 Å². The minimum absolute atomic E-state index is 0.00751. The van der Waals surface area contributed by atoms with Crippen LogP contribution in [-0.4, -0.2) is 16.3 Å². The summed E-state index contributed by atoms with van der Waals surface area (Å²) in [5.74, 6) is -3.22. The van der Waals surface area contributed by atoms with Crippen LogP contribution in [0.15, 0.2) is 47.5 Å². The molecule has 22 heavy (non-hydrogen) atoms. The monoisotopic (exact) mass is 302 g/mol. The fraction of sp³-hybridized carbons (Fsp3) is 0. The number of phenols is 1. The Kier molecular flexibility index (Phi) is 3.50. The molecular weight excluding hydrogens is 293 g/mol. The highest BCUT2D eigenvalue weighted by molar-refractivity contribution is 5.89. The fourth-order valence-corrected chi connectivity index (χ4v) is 2.01. The minimum Gasteiger partial charge on any atom is -0.506 e. The van der Waals surface area contributed by atoms with E-state index in [1.165, 1.54) is 6.07 Å². The standard InChI is InChI=1S/C16H9F3N2O/c17-10-6-12(18)16(13(19)7-10)20-8-11-5-4-9-2-1-3-14(22)15(9)21-11/h1-8,22H. The molecule has 0 atom stereocenters. The zero-order chi connectivity index (χ0) is 15.7. The zero-order valence-electron chi connectivity index (χ0n) is 11.1. The Bertz CT molecular complexity index is 871. The van der Waals surface area contributed by atoms with Crippen molar-refractivity contribution in [1.82, 2.24) is 4.98 Å². The van der Waals surface area contributed by atoms with Crippen molar-refractivity contribution in [2.24, 2.45) is 4.99 Å². The Morgan fingerprint density at radius 3 is 2.45 bits per heavy atom. The number of rotatable bonds is 2. The summed E-state index contributed by atoms with van der Waals surface area (Å²) in [5, 5.41) is 10.4. The third kappa shape index (κ3) is 2.63. The third-order valence-electron chi connectivity index (χ3n) is 3.03. The number of aliphatic imine (C=N–C) groups is 1. The van der Waals surface area contributed by atoms with Gasteiger partial charge in [-0.15, -0.1) is 0 Å². The van der Waals surface area contributed by atoms with E-state index in [2.05, 4.69) is 9.98 Å². The molecule has 1 aromatic heterocycles. The van der Waals surface area contributed by atoms with Gasteiger partial charge in [0.2, 0.25) is 0 Å². The van der Waals surface area contributed by atoms with Crippen molar-refractivity contribution < 1.29 is 18.3 Å². The van der Waals surface area contributed by atoms with Crippen molar-refractivity contribution in [2.75, 3.05) is 0 Å². The van der Waals surface area contributed by atoms with Crippen LogP contribution < -0.4 is 0 Å². The molecule has 6 heteroatoms. The minimum atomic E-state index is -1.10. The van der Waals surface area contributed by atoms with Gasteiger partial charge in [0, 0.05) is 17.5 Å². The second-order valence-corrected chi connectivity index (χ2v) is 4.56. The van der Waals surface area contributed by atoms with Gasteiger partial charge in [0.05, 0.1) is 11.9 Å². The highest BCUT2D eigenvalue weighted by Gasteiger charge is 2.10. The van der Waals surface area contributed by atoms with Crippen LogP contribution in [0.5, 0.6) is 5.75 Å². The lowest BCUT2D eigenvalue weighted by molar-refractivity contribution is 0.480. The third-order valence-corrected chi connectivity index (χ3v) is 3.03. The molecule has 0 spiro atoms. The van der Waals surface area contributed by atoms with Crippen molar-refractivity contribution in [2.45, 2.75) is 0 Å². The zero-order valence-corrected chi connectivity index (χ0v) is 11.1. The second-order valence-electron chi connectivity index (χ2n) is 4.56. The van der Waals surface area contributed by atoms with Gasteiger partial charge in [-0.05, 0) is 12.1 Å². The number of hydrogen-bond acceptors (Lipinski definition) is 3. The first-order valence-electron chi connectivity index (χ1n) is 6.32. The lowest BCUT2D eigenvalue weighted by Gasteiger charge is -2.02. The molecule has 110 valence electrons. The number of nitrogens with zero attached hydrogens (tertiary/aromatic N) is 2. The summed E-state index contributed by atoms with van der Waals surface area (Å²) in [4.78, 5) is 7.82. The van der Waals surface area contributed by atoms with E-state index in [-0.39, 0.29) is 5.75 Å². The first kappa shape index (κ1) is 14.1. The SMILES string of the molecule is Oc1cccc2ccc(C=Nc3c(F)cc(F)cc3F)nc12. The fourth-order valence-electron chi connectivity index (χ4n) is 2.01. The van der Waals surface area contributed by atoms with Crippen LogP contribution >= 0.6 is 0 Å². The van der Waals surface area contributed by atoms with Crippen molar-refractivity contribution in [3.8, 4) is 5.75 Å². The second kappa shape index (κ2) is 5.48. The Hall–Kier alpha value is -2.89. The lowest BCUT2D eigenvalue weighted by Crippen LogP contribution is -1.91. The maximum absolute atomic E-state index is 13.5. The van der Waals surface area contributed by atoms with Gasteiger partial charge in [0.1, 0.15) is 22.8 Å². The van der Waals surface area contributed by atoms with Gasteiger partial charge >= 0.3 is 0 Å². The number of benzene rings is 2. The van der Waals surface area contributed by atoms with Crippen molar-refractivity contribution >= 4 is 22.8 Å². The summed E-state index contributed by atoms with van der Waals surface area (Å²) in [7, 11) is 0. The van der Waals surface area contributed by atoms with E-state index in [0.717, 1.165) is 11.6 Å². The highest BCUT2D eigenvalue weighted by Crippen LogP contribution is 2.24. The van der Waals surface area contributed by atoms with E-state index in [4.69, 9.17) is 0 Å². The quantitative estimate of drug-likeness (QED) is 0.724. The Balaban J connectivity index is 2.01. The van der Waals surface area contributed by atoms with Crippen LogP contribution in [0.1, 0.15) is 5.69 Å². The Morgan fingerprint density at radius 1 is 1.00 bits per heavy atom. The maximum atomic E-state index is 13.5. The van der Waals surface area contributed by atoms with E-state index in [1.807, 2.05) is 0 Å². The number of para-hydroxylation sites is 1. The van der Waals surface area contributed by atoms with Crippen LogP contribution in [0.3, 0.4) is 0 Å². The van der Waals surface area contributed by atoms with Crippen LogP contribution in [0.4, 0.5) is 18.9 Å². The summed E-state index contributed by atoms with van der Waals surface area (Å²) in [6.07, 6.45) is 1.14. The molecule has 1 N–H and O–H groups in total. The number of fused-ring (bicyclic) bond motifs is 1. The normalized spacial score (nSPS) is 11.4. The predicted octanol–water partition coefficient (Wildman–Crippen LogP) is 4.11. The lowest BCUT2D eigenvalue weighted by atomic mass is 10.2. The molecule has 0 saturated heterocycles. The molecular formula is C16H9F3N2O. The Morgan fingerprint density at radius 2 is 1.73 bits per heavy atom. The van der Waals surface area contributed by atoms with Crippen molar-refractivity contribution in [1.29, 1.82) is 0 Å². The maximum Gasteiger partial charge on any atom is 0.154 e. The molecule has 3 nitrogen and oxygen atoms in total. The van der Waals surface area contributed by atoms with E-state index in [0.29, 0.717) is 23.3 Å². The molecule has 3 aromatic rings. The van der Waals surface area contributed by atoms with E-state index < -0.39 is 23.1 Å². The van der Waals surface area contributed by atoms with E-state index in [9.17, 15) is 18.3 Å². The van der Waals surface area contributed by atoms with E-state index >= 15 is 0 Å². The summed E-state index contributed by atoms with van der Waals surface area (Å²) in [6.45, 7) is 0. The van der Waals surface area contributed by atoms with Crippen LogP contribution in [0.25, 0.3) is 10.9 Å². The van der Waals surface area contributed by atoms with Gasteiger partial charge < -0.3 is 5.11 Å². The molecule has 0 aliphatic heterocycles. The van der Waals surface area contributed by atoms with Gasteiger partial charge in [-0.25, -0.2) is 23.1 Å². The first-order chi connectivity index (χ1) is 10.5. The van der Waals surface area contributed by atoms with Gasteiger partial charge in [0.25, 0.3) is 0 Å². The number of pyridine rings is 1. The smallest absolute Gasteiger partial charge is 0.154 e. The number of phenolic OH excluding ortho intramolecular Hbond substituents is 1. The van der Waals surface area contributed by atoms with E-state index in [1.54, 1.807) is 24.3 Å².